The molecule has 0 unspecified atom stereocenters. The van der Waals surface area contributed by atoms with Gasteiger partial charge in [0.25, 0.3) is 15.0 Å². The molecule has 1 amide bonds. The van der Waals surface area contributed by atoms with Gasteiger partial charge in [-0.15, -0.1) is 0 Å². The largest absolute Gasteiger partial charge is 0.352 e. The van der Waals surface area contributed by atoms with Crippen LogP contribution >= 0.6 is 22.3 Å². The summed E-state index contributed by atoms with van der Waals surface area (Å²) in [6, 6.07) is 3.97. The normalized spacial score (nSPS) is 11.6. The van der Waals surface area contributed by atoms with Gasteiger partial charge in [-0.25, -0.2) is 8.42 Å². The number of nitrogens with one attached hydrogen (secondary N) is 1. The monoisotopic (exact) mass is 323 g/mol. The number of halogens is 2. The highest BCUT2D eigenvalue weighted by molar-refractivity contribution is 8.13. The highest BCUT2D eigenvalue weighted by Crippen LogP contribution is 2.25. The first-order valence-electron chi connectivity index (χ1n) is 5.74. The van der Waals surface area contributed by atoms with E-state index in [-0.39, 0.29) is 21.4 Å². The number of amides is 1. The summed E-state index contributed by atoms with van der Waals surface area (Å²) < 4.78 is 22.6. The van der Waals surface area contributed by atoms with Crippen molar-refractivity contribution in [3.05, 3.63) is 28.8 Å². The number of hydrogen-bond acceptors (Lipinski definition) is 3. The molecule has 0 aliphatic rings. The van der Waals surface area contributed by atoms with Crippen LogP contribution in [0, 0.1) is 5.92 Å². The van der Waals surface area contributed by atoms with Crippen LogP contribution in [0.5, 0.6) is 0 Å². The van der Waals surface area contributed by atoms with Gasteiger partial charge in [-0.3, -0.25) is 4.79 Å². The summed E-state index contributed by atoms with van der Waals surface area (Å²) in [7, 11) is 1.28. The lowest BCUT2D eigenvalue weighted by atomic mass is 10.1. The van der Waals surface area contributed by atoms with Gasteiger partial charge in [0.05, 0.1) is 5.02 Å². The summed E-state index contributed by atoms with van der Waals surface area (Å²) in [5.74, 6) is 0.128. The molecule has 19 heavy (non-hydrogen) atoms. The van der Waals surface area contributed by atoms with E-state index in [4.69, 9.17) is 22.3 Å². The Balaban J connectivity index is 2.88. The number of carbonyl (C=O) groups is 1. The van der Waals surface area contributed by atoms with Crippen molar-refractivity contribution in [3.63, 3.8) is 0 Å². The quantitative estimate of drug-likeness (QED) is 0.847. The van der Waals surface area contributed by atoms with E-state index in [0.29, 0.717) is 12.5 Å². The summed E-state index contributed by atoms with van der Waals surface area (Å²) in [4.78, 5) is 11.6. The smallest absolute Gasteiger partial charge is 0.262 e. The Morgan fingerprint density at radius 1 is 1.37 bits per heavy atom. The standard InChI is InChI=1S/C12H15Cl2NO3S/c1-8(2)5-6-15-12(16)9-3-4-10(13)11(7-9)19(14,17)18/h3-4,7-8H,5-6H2,1-2H3,(H,15,16). The van der Waals surface area contributed by atoms with Crippen LogP contribution in [0.15, 0.2) is 23.1 Å². The zero-order valence-electron chi connectivity index (χ0n) is 10.6. The van der Waals surface area contributed by atoms with E-state index in [0.717, 1.165) is 6.42 Å². The molecule has 4 nitrogen and oxygen atoms in total. The molecule has 0 bridgehead atoms. The Labute approximate surface area is 122 Å². The van der Waals surface area contributed by atoms with Crippen molar-refractivity contribution in [2.45, 2.75) is 25.2 Å². The molecule has 1 N–H and O–H groups in total. The minimum Gasteiger partial charge on any atom is -0.352 e. The van der Waals surface area contributed by atoms with Gasteiger partial charge in [-0.1, -0.05) is 25.4 Å². The SMILES string of the molecule is CC(C)CCNC(=O)c1ccc(Cl)c(S(=O)(=O)Cl)c1. The first-order chi connectivity index (χ1) is 8.71. The molecule has 0 aliphatic carbocycles. The Morgan fingerprint density at radius 2 is 2.00 bits per heavy atom. The molecule has 1 aromatic rings. The third kappa shape index (κ3) is 5.01. The summed E-state index contributed by atoms with van der Waals surface area (Å²) in [5, 5.41) is 2.70. The Hall–Kier alpha value is -0.780. The van der Waals surface area contributed by atoms with Crippen LogP contribution in [0.1, 0.15) is 30.6 Å². The molecule has 1 aromatic carbocycles. The van der Waals surface area contributed by atoms with Crippen molar-refractivity contribution in [1.29, 1.82) is 0 Å². The van der Waals surface area contributed by atoms with E-state index in [1.807, 2.05) is 13.8 Å². The van der Waals surface area contributed by atoms with Crippen LogP contribution in [-0.2, 0) is 9.05 Å². The maximum atomic E-state index is 11.8. The third-order valence-corrected chi connectivity index (χ3v) is 4.27. The predicted molar refractivity (Wildman–Crippen MR) is 76.3 cm³/mol. The second-order valence-corrected chi connectivity index (χ2v) is 7.46. The molecule has 0 saturated heterocycles. The van der Waals surface area contributed by atoms with Crippen molar-refractivity contribution in [2.75, 3.05) is 6.54 Å². The topological polar surface area (TPSA) is 63.2 Å². The highest BCUT2D eigenvalue weighted by Gasteiger charge is 2.17. The van der Waals surface area contributed by atoms with Gasteiger partial charge in [0, 0.05) is 22.8 Å². The van der Waals surface area contributed by atoms with Crippen LogP contribution in [0.3, 0.4) is 0 Å². The van der Waals surface area contributed by atoms with Gasteiger partial charge in [0.2, 0.25) is 0 Å². The van der Waals surface area contributed by atoms with E-state index in [9.17, 15) is 13.2 Å². The summed E-state index contributed by atoms with van der Waals surface area (Å²) in [6.07, 6.45) is 0.847. The van der Waals surface area contributed by atoms with Gasteiger partial charge in [0.1, 0.15) is 4.90 Å². The predicted octanol–water partition coefficient (Wildman–Crippen LogP) is 3.04. The molecule has 0 spiro atoms. The zero-order chi connectivity index (χ0) is 14.6. The number of rotatable bonds is 5. The van der Waals surface area contributed by atoms with E-state index < -0.39 is 9.05 Å². The molecule has 106 valence electrons. The van der Waals surface area contributed by atoms with Crippen molar-refractivity contribution < 1.29 is 13.2 Å². The van der Waals surface area contributed by atoms with Crippen LogP contribution in [0.25, 0.3) is 0 Å². The van der Waals surface area contributed by atoms with Crippen molar-refractivity contribution in [3.8, 4) is 0 Å². The molecule has 0 aromatic heterocycles. The summed E-state index contributed by atoms with van der Waals surface area (Å²) in [6.45, 7) is 4.63. The van der Waals surface area contributed by atoms with Crippen LogP contribution in [0.4, 0.5) is 0 Å². The Kier molecular flexibility index (Phi) is 5.64. The van der Waals surface area contributed by atoms with Crippen molar-refractivity contribution in [1.82, 2.24) is 5.32 Å². The maximum Gasteiger partial charge on any atom is 0.262 e. The second-order valence-electron chi connectivity index (χ2n) is 4.52. The van der Waals surface area contributed by atoms with Crippen LogP contribution in [0.2, 0.25) is 5.02 Å². The van der Waals surface area contributed by atoms with Crippen LogP contribution < -0.4 is 5.32 Å². The summed E-state index contributed by atoms with van der Waals surface area (Å²) >= 11 is 5.74. The van der Waals surface area contributed by atoms with Gasteiger partial charge in [-0.2, -0.15) is 0 Å². The number of carbonyl (C=O) groups excluding carboxylic acids is 1. The minimum absolute atomic E-state index is 0.00581. The molecule has 1 rings (SSSR count). The summed E-state index contributed by atoms with van der Waals surface area (Å²) in [5.41, 5.74) is 0.215. The van der Waals surface area contributed by atoms with E-state index in [1.54, 1.807) is 0 Å². The van der Waals surface area contributed by atoms with Gasteiger partial charge in [-0.05, 0) is 30.5 Å². The fourth-order valence-electron chi connectivity index (χ4n) is 1.41. The third-order valence-electron chi connectivity index (χ3n) is 2.46. The average molecular weight is 324 g/mol. The van der Waals surface area contributed by atoms with Gasteiger partial charge in [0.15, 0.2) is 0 Å². The van der Waals surface area contributed by atoms with E-state index in [2.05, 4.69) is 5.32 Å². The van der Waals surface area contributed by atoms with E-state index >= 15 is 0 Å². The first kappa shape index (κ1) is 16.3. The Bertz CT molecular complexity index is 570. The van der Waals surface area contributed by atoms with Crippen molar-refractivity contribution >= 4 is 37.2 Å². The number of hydrogen-bond donors (Lipinski definition) is 1. The lowest BCUT2D eigenvalue weighted by molar-refractivity contribution is 0.0952. The molecule has 0 atom stereocenters. The lowest BCUT2D eigenvalue weighted by Gasteiger charge is -2.08. The maximum absolute atomic E-state index is 11.8. The number of benzene rings is 1. The average Bonchev–Trinajstić information content (AvgIpc) is 2.27. The minimum atomic E-state index is -3.96. The fourth-order valence-corrected chi connectivity index (χ4v) is 2.90. The molecule has 7 heteroatoms. The Morgan fingerprint density at radius 3 is 2.53 bits per heavy atom. The molecular formula is C12H15Cl2NO3S. The first-order valence-corrected chi connectivity index (χ1v) is 8.43. The molecule has 0 aliphatic heterocycles. The van der Waals surface area contributed by atoms with Gasteiger partial charge < -0.3 is 5.32 Å². The van der Waals surface area contributed by atoms with Crippen LogP contribution in [-0.4, -0.2) is 20.9 Å². The molecule has 0 saturated carbocycles. The second kappa shape index (κ2) is 6.59. The van der Waals surface area contributed by atoms with E-state index in [1.165, 1.54) is 18.2 Å². The highest BCUT2D eigenvalue weighted by atomic mass is 35.7. The molecule has 0 heterocycles. The fraction of sp³-hybridized carbons (Fsp3) is 0.417. The molecular weight excluding hydrogens is 309 g/mol. The zero-order valence-corrected chi connectivity index (χ0v) is 12.9. The molecule has 0 fully saturated rings. The van der Waals surface area contributed by atoms with Crippen molar-refractivity contribution in [2.24, 2.45) is 5.92 Å². The molecule has 0 radical (unpaired) electrons. The lowest BCUT2D eigenvalue weighted by Crippen LogP contribution is -2.25. The van der Waals surface area contributed by atoms with Gasteiger partial charge >= 0.3 is 0 Å².